The zero-order chi connectivity index (χ0) is 13.1. The highest BCUT2D eigenvalue weighted by atomic mass is 16.6. The molecule has 0 aromatic carbocycles. The van der Waals surface area contributed by atoms with Crippen molar-refractivity contribution in [2.45, 2.75) is 32.7 Å². The third-order valence-electron chi connectivity index (χ3n) is 3.27. The minimum absolute atomic E-state index is 0.0469. The lowest BCUT2D eigenvalue weighted by Crippen LogP contribution is -2.35. The molecule has 1 aromatic rings. The standard InChI is InChI=1S/C13H17N3O2/c1-3-11-8-12(13(14-9-11)16(17)18)15-7-5-4-6-10(15)2/h4-5,8-10H,3,6-7H2,1-2H3. The summed E-state index contributed by atoms with van der Waals surface area (Å²) < 4.78 is 0. The number of anilines is 1. The van der Waals surface area contributed by atoms with E-state index in [1.807, 2.05) is 24.0 Å². The lowest BCUT2D eigenvalue weighted by atomic mass is 10.1. The zero-order valence-corrected chi connectivity index (χ0v) is 10.7. The van der Waals surface area contributed by atoms with Crippen LogP contribution in [0.3, 0.4) is 0 Å². The van der Waals surface area contributed by atoms with Crippen molar-refractivity contribution in [3.8, 4) is 0 Å². The molecule has 1 aliphatic rings. The van der Waals surface area contributed by atoms with E-state index in [2.05, 4.69) is 18.0 Å². The molecule has 2 heterocycles. The van der Waals surface area contributed by atoms with Crippen molar-refractivity contribution < 1.29 is 4.92 Å². The molecule has 0 aliphatic carbocycles. The number of hydrogen-bond acceptors (Lipinski definition) is 4. The molecule has 96 valence electrons. The van der Waals surface area contributed by atoms with Crippen molar-refractivity contribution in [3.63, 3.8) is 0 Å². The molecule has 1 aliphatic heterocycles. The van der Waals surface area contributed by atoms with Gasteiger partial charge in [-0.05, 0) is 41.3 Å². The minimum atomic E-state index is -0.403. The summed E-state index contributed by atoms with van der Waals surface area (Å²) in [5.74, 6) is -0.0469. The van der Waals surface area contributed by atoms with E-state index in [0.29, 0.717) is 12.2 Å². The fourth-order valence-electron chi connectivity index (χ4n) is 2.16. The first-order chi connectivity index (χ1) is 8.63. The second-order valence-electron chi connectivity index (χ2n) is 4.51. The van der Waals surface area contributed by atoms with E-state index in [9.17, 15) is 10.1 Å². The Morgan fingerprint density at radius 2 is 2.33 bits per heavy atom. The molecule has 5 nitrogen and oxygen atoms in total. The Balaban J connectivity index is 2.45. The highest BCUT2D eigenvalue weighted by Gasteiger charge is 2.25. The van der Waals surface area contributed by atoms with Crippen LogP contribution in [0.5, 0.6) is 0 Å². The maximum absolute atomic E-state index is 11.1. The van der Waals surface area contributed by atoms with Crippen LogP contribution < -0.4 is 4.90 Å². The fraction of sp³-hybridized carbons (Fsp3) is 0.462. The molecule has 0 N–H and O–H groups in total. The van der Waals surface area contributed by atoms with Crippen molar-refractivity contribution in [1.29, 1.82) is 0 Å². The molecular weight excluding hydrogens is 230 g/mol. The largest absolute Gasteiger partial charge is 0.387 e. The number of nitrogens with zero attached hydrogens (tertiary/aromatic N) is 3. The van der Waals surface area contributed by atoms with Crippen LogP contribution in [0.2, 0.25) is 0 Å². The van der Waals surface area contributed by atoms with Gasteiger partial charge in [-0.3, -0.25) is 0 Å². The van der Waals surface area contributed by atoms with Gasteiger partial charge in [0.25, 0.3) is 0 Å². The number of aryl methyl sites for hydroxylation is 1. The van der Waals surface area contributed by atoms with Gasteiger partial charge in [-0.1, -0.05) is 19.1 Å². The summed E-state index contributed by atoms with van der Waals surface area (Å²) >= 11 is 0. The summed E-state index contributed by atoms with van der Waals surface area (Å²) in [6.45, 7) is 4.80. The summed E-state index contributed by atoms with van der Waals surface area (Å²) in [5.41, 5.74) is 1.66. The molecule has 0 spiro atoms. The molecule has 0 radical (unpaired) electrons. The van der Waals surface area contributed by atoms with Crippen molar-refractivity contribution >= 4 is 11.5 Å². The van der Waals surface area contributed by atoms with Crippen LogP contribution in [0.4, 0.5) is 11.5 Å². The van der Waals surface area contributed by atoms with Gasteiger partial charge in [0.1, 0.15) is 11.9 Å². The minimum Gasteiger partial charge on any atom is -0.358 e. The van der Waals surface area contributed by atoms with Gasteiger partial charge in [-0.25, -0.2) is 0 Å². The van der Waals surface area contributed by atoms with E-state index in [4.69, 9.17) is 0 Å². The number of nitro groups is 1. The van der Waals surface area contributed by atoms with Gasteiger partial charge >= 0.3 is 5.82 Å². The SMILES string of the molecule is CCc1cnc([N+](=O)[O-])c(N2CC=CCC2C)c1. The van der Waals surface area contributed by atoms with E-state index in [0.717, 1.165) is 18.4 Å². The average Bonchev–Trinajstić information content (AvgIpc) is 2.38. The molecule has 0 fully saturated rings. The van der Waals surface area contributed by atoms with Crippen LogP contribution in [0.15, 0.2) is 24.4 Å². The van der Waals surface area contributed by atoms with Gasteiger partial charge in [-0.15, -0.1) is 0 Å². The Morgan fingerprint density at radius 1 is 1.56 bits per heavy atom. The second-order valence-corrected chi connectivity index (χ2v) is 4.51. The quantitative estimate of drug-likeness (QED) is 0.468. The topological polar surface area (TPSA) is 59.3 Å². The third kappa shape index (κ3) is 2.34. The zero-order valence-electron chi connectivity index (χ0n) is 10.7. The second kappa shape index (κ2) is 5.16. The van der Waals surface area contributed by atoms with Gasteiger partial charge < -0.3 is 15.0 Å². The van der Waals surface area contributed by atoms with E-state index in [1.54, 1.807) is 6.20 Å². The molecule has 0 amide bonds. The number of pyridine rings is 1. The van der Waals surface area contributed by atoms with E-state index in [-0.39, 0.29) is 11.9 Å². The molecule has 18 heavy (non-hydrogen) atoms. The van der Waals surface area contributed by atoms with Gasteiger partial charge in [0.2, 0.25) is 0 Å². The van der Waals surface area contributed by atoms with Crippen LogP contribution in [0.25, 0.3) is 0 Å². The highest BCUT2D eigenvalue weighted by Crippen LogP contribution is 2.30. The summed E-state index contributed by atoms with van der Waals surface area (Å²) in [7, 11) is 0. The van der Waals surface area contributed by atoms with Crippen LogP contribution >= 0.6 is 0 Å². The predicted octanol–water partition coefficient (Wildman–Crippen LogP) is 2.71. The van der Waals surface area contributed by atoms with Gasteiger partial charge in [0, 0.05) is 12.6 Å². The van der Waals surface area contributed by atoms with Gasteiger partial charge in [-0.2, -0.15) is 0 Å². The monoisotopic (exact) mass is 247 g/mol. The van der Waals surface area contributed by atoms with Crippen molar-refractivity contribution in [2.24, 2.45) is 0 Å². The number of aromatic nitrogens is 1. The maximum atomic E-state index is 11.1. The molecule has 1 unspecified atom stereocenters. The molecule has 0 saturated heterocycles. The normalized spacial score (nSPS) is 19.0. The first-order valence-electron chi connectivity index (χ1n) is 6.18. The summed E-state index contributed by atoms with van der Waals surface area (Å²) in [5, 5.41) is 11.1. The van der Waals surface area contributed by atoms with Crippen LogP contribution in [0, 0.1) is 10.1 Å². The molecular formula is C13H17N3O2. The maximum Gasteiger partial charge on any atom is 0.387 e. The average molecular weight is 247 g/mol. The fourth-order valence-corrected chi connectivity index (χ4v) is 2.16. The lowest BCUT2D eigenvalue weighted by Gasteiger charge is -2.31. The Labute approximate surface area is 106 Å². The summed E-state index contributed by atoms with van der Waals surface area (Å²) in [6, 6.07) is 2.16. The molecule has 2 rings (SSSR count). The van der Waals surface area contributed by atoms with Crippen molar-refractivity contribution in [2.75, 3.05) is 11.4 Å². The number of rotatable bonds is 3. The molecule has 0 bridgehead atoms. The van der Waals surface area contributed by atoms with Crippen molar-refractivity contribution in [1.82, 2.24) is 4.98 Å². The van der Waals surface area contributed by atoms with E-state index in [1.165, 1.54) is 0 Å². The third-order valence-corrected chi connectivity index (χ3v) is 3.27. The molecule has 0 saturated carbocycles. The van der Waals surface area contributed by atoms with E-state index >= 15 is 0 Å². The van der Waals surface area contributed by atoms with Crippen LogP contribution in [-0.4, -0.2) is 22.5 Å². The van der Waals surface area contributed by atoms with Gasteiger partial charge in [0.15, 0.2) is 0 Å². The highest BCUT2D eigenvalue weighted by molar-refractivity contribution is 5.61. The Kier molecular flexibility index (Phi) is 3.60. The molecule has 1 aromatic heterocycles. The van der Waals surface area contributed by atoms with E-state index < -0.39 is 4.92 Å². The number of hydrogen-bond donors (Lipinski definition) is 0. The summed E-state index contributed by atoms with van der Waals surface area (Å²) in [6.07, 6.45) is 7.49. The van der Waals surface area contributed by atoms with Crippen molar-refractivity contribution in [3.05, 3.63) is 40.1 Å². The Morgan fingerprint density at radius 3 is 2.94 bits per heavy atom. The lowest BCUT2D eigenvalue weighted by molar-refractivity contribution is -0.388. The smallest absolute Gasteiger partial charge is 0.358 e. The van der Waals surface area contributed by atoms with Crippen LogP contribution in [-0.2, 0) is 6.42 Å². The van der Waals surface area contributed by atoms with Gasteiger partial charge in [0.05, 0.1) is 0 Å². The van der Waals surface area contributed by atoms with Crippen LogP contribution in [0.1, 0.15) is 25.8 Å². The first kappa shape index (κ1) is 12.5. The Hall–Kier alpha value is -1.91. The predicted molar refractivity (Wildman–Crippen MR) is 70.8 cm³/mol. The molecule has 5 heteroatoms. The molecule has 1 atom stereocenters. The summed E-state index contributed by atoms with van der Waals surface area (Å²) in [4.78, 5) is 16.7. The first-order valence-corrected chi connectivity index (χ1v) is 6.18. The Bertz CT molecular complexity index is 485.